The molecule has 0 spiro atoms. The molecular weight excluding hydrogens is 346 g/mol. The van der Waals surface area contributed by atoms with E-state index >= 15 is 0 Å². The standard InChI is InChI=1S/C20H33N3O4/c1-9-11-23(19(26)21-20(5,6)7)12-15(24)16-13(3)17(18(25)27-10-2)22(8)14(16)4/h9-12H2,1-8H3,(H,21,26). The van der Waals surface area contributed by atoms with Gasteiger partial charge >= 0.3 is 12.0 Å². The van der Waals surface area contributed by atoms with Crippen LogP contribution in [0.25, 0.3) is 0 Å². The highest BCUT2D eigenvalue weighted by Gasteiger charge is 2.28. The molecule has 7 heteroatoms. The minimum absolute atomic E-state index is 0.0380. The first kappa shape index (κ1) is 22.7. The van der Waals surface area contributed by atoms with Gasteiger partial charge in [-0.3, -0.25) is 4.79 Å². The maximum Gasteiger partial charge on any atom is 0.355 e. The van der Waals surface area contributed by atoms with Gasteiger partial charge in [0, 0.05) is 30.4 Å². The van der Waals surface area contributed by atoms with Crippen molar-refractivity contribution >= 4 is 17.8 Å². The molecule has 1 heterocycles. The van der Waals surface area contributed by atoms with Crippen LogP contribution in [-0.2, 0) is 11.8 Å². The molecule has 7 nitrogen and oxygen atoms in total. The molecule has 1 N–H and O–H groups in total. The first-order chi connectivity index (χ1) is 12.4. The Labute approximate surface area is 162 Å². The fourth-order valence-electron chi connectivity index (χ4n) is 3.05. The van der Waals surface area contributed by atoms with Gasteiger partial charge in [-0.1, -0.05) is 6.92 Å². The topological polar surface area (TPSA) is 80.6 Å². The molecule has 0 saturated carbocycles. The van der Waals surface area contributed by atoms with Crippen molar-refractivity contribution in [3.63, 3.8) is 0 Å². The van der Waals surface area contributed by atoms with Gasteiger partial charge in [0.2, 0.25) is 0 Å². The molecule has 0 radical (unpaired) electrons. The summed E-state index contributed by atoms with van der Waals surface area (Å²) in [5.41, 5.74) is 1.74. The summed E-state index contributed by atoms with van der Waals surface area (Å²) < 4.78 is 6.79. The van der Waals surface area contributed by atoms with Gasteiger partial charge < -0.3 is 19.5 Å². The summed E-state index contributed by atoms with van der Waals surface area (Å²) in [4.78, 5) is 39.3. The Kier molecular flexibility index (Phi) is 7.63. The van der Waals surface area contributed by atoms with Gasteiger partial charge in [-0.15, -0.1) is 0 Å². The van der Waals surface area contributed by atoms with Crippen molar-refractivity contribution < 1.29 is 19.1 Å². The molecule has 0 aliphatic carbocycles. The van der Waals surface area contributed by atoms with Crippen molar-refractivity contribution in [2.24, 2.45) is 7.05 Å². The summed E-state index contributed by atoms with van der Waals surface area (Å²) >= 11 is 0. The highest BCUT2D eigenvalue weighted by Crippen LogP contribution is 2.23. The third-order valence-corrected chi connectivity index (χ3v) is 4.28. The minimum atomic E-state index is -0.449. The summed E-state index contributed by atoms with van der Waals surface area (Å²) in [7, 11) is 1.74. The second-order valence-electron chi connectivity index (χ2n) is 7.74. The Morgan fingerprint density at radius 1 is 1.15 bits per heavy atom. The quantitative estimate of drug-likeness (QED) is 0.583. The number of esters is 1. The molecular formula is C20H33N3O4. The predicted molar refractivity (Wildman–Crippen MR) is 105 cm³/mol. The van der Waals surface area contributed by atoms with Gasteiger partial charge in [-0.2, -0.15) is 0 Å². The van der Waals surface area contributed by atoms with Crippen LogP contribution in [0.15, 0.2) is 0 Å². The smallest absolute Gasteiger partial charge is 0.355 e. The molecule has 0 atom stereocenters. The van der Waals surface area contributed by atoms with Crippen molar-refractivity contribution in [2.75, 3.05) is 19.7 Å². The monoisotopic (exact) mass is 379 g/mol. The van der Waals surface area contributed by atoms with Crippen molar-refractivity contribution in [1.29, 1.82) is 0 Å². The van der Waals surface area contributed by atoms with Gasteiger partial charge in [0.1, 0.15) is 5.69 Å². The molecule has 2 amide bonds. The average Bonchev–Trinajstić information content (AvgIpc) is 2.75. The lowest BCUT2D eigenvalue weighted by atomic mass is 10.0. The van der Waals surface area contributed by atoms with Crippen molar-refractivity contribution in [2.45, 2.75) is 60.4 Å². The number of ketones is 1. The summed E-state index contributed by atoms with van der Waals surface area (Å²) in [6.45, 7) is 13.6. The zero-order chi connectivity index (χ0) is 20.9. The van der Waals surface area contributed by atoms with E-state index in [0.29, 0.717) is 29.1 Å². The van der Waals surface area contributed by atoms with Crippen molar-refractivity contribution in [3.05, 3.63) is 22.5 Å². The van der Waals surface area contributed by atoms with E-state index < -0.39 is 5.97 Å². The SMILES string of the molecule is CCCN(CC(=O)c1c(C)c(C(=O)OCC)n(C)c1C)C(=O)NC(C)(C)C. The number of Topliss-reactive ketones (excluding diaryl/α,β-unsaturated/α-hetero) is 1. The fourth-order valence-corrected chi connectivity index (χ4v) is 3.05. The Bertz CT molecular complexity index is 714. The number of amides is 2. The average molecular weight is 380 g/mol. The molecule has 0 fully saturated rings. The van der Waals surface area contributed by atoms with Gasteiger partial charge in [0.25, 0.3) is 0 Å². The lowest BCUT2D eigenvalue weighted by Gasteiger charge is -2.28. The van der Waals surface area contributed by atoms with E-state index in [-0.39, 0.29) is 30.5 Å². The second-order valence-corrected chi connectivity index (χ2v) is 7.74. The molecule has 0 saturated heterocycles. The Hall–Kier alpha value is -2.31. The molecule has 27 heavy (non-hydrogen) atoms. The molecule has 1 rings (SSSR count). The largest absolute Gasteiger partial charge is 0.461 e. The molecule has 0 unspecified atom stereocenters. The first-order valence-corrected chi connectivity index (χ1v) is 9.37. The van der Waals surface area contributed by atoms with E-state index in [9.17, 15) is 14.4 Å². The van der Waals surface area contributed by atoms with Crippen LogP contribution in [0.2, 0.25) is 0 Å². The normalized spacial score (nSPS) is 11.3. The first-order valence-electron chi connectivity index (χ1n) is 9.37. The number of carbonyl (C=O) groups is 3. The third kappa shape index (κ3) is 5.58. The van der Waals surface area contributed by atoms with Crippen LogP contribution in [0.1, 0.15) is 73.1 Å². The van der Waals surface area contributed by atoms with E-state index in [2.05, 4.69) is 5.32 Å². The van der Waals surface area contributed by atoms with Crippen LogP contribution in [0, 0.1) is 13.8 Å². The zero-order valence-electron chi connectivity index (χ0n) is 17.9. The van der Waals surface area contributed by atoms with E-state index in [1.165, 1.54) is 4.90 Å². The van der Waals surface area contributed by atoms with E-state index in [4.69, 9.17) is 4.74 Å². The number of nitrogens with zero attached hydrogens (tertiary/aromatic N) is 2. The molecule has 1 aromatic rings. The third-order valence-electron chi connectivity index (χ3n) is 4.28. The summed E-state index contributed by atoms with van der Waals surface area (Å²) in [6, 6.07) is -0.269. The van der Waals surface area contributed by atoms with Gasteiger partial charge in [0.15, 0.2) is 5.78 Å². The van der Waals surface area contributed by atoms with Crippen LogP contribution in [0.3, 0.4) is 0 Å². The number of aromatic nitrogens is 1. The highest BCUT2D eigenvalue weighted by molar-refractivity contribution is 6.04. The molecule has 152 valence electrons. The highest BCUT2D eigenvalue weighted by atomic mass is 16.5. The minimum Gasteiger partial charge on any atom is -0.461 e. The number of hydrogen-bond acceptors (Lipinski definition) is 4. The van der Waals surface area contributed by atoms with Crippen LogP contribution in [0.4, 0.5) is 4.79 Å². The van der Waals surface area contributed by atoms with Gasteiger partial charge in [-0.05, 0) is 53.5 Å². The number of carbonyl (C=O) groups excluding carboxylic acids is 3. The maximum atomic E-state index is 13.0. The number of urea groups is 1. The fraction of sp³-hybridized carbons (Fsp3) is 0.650. The molecule has 1 aromatic heterocycles. The van der Waals surface area contributed by atoms with Gasteiger partial charge in [-0.25, -0.2) is 9.59 Å². The lowest BCUT2D eigenvalue weighted by molar-refractivity contribution is 0.0514. The number of hydrogen-bond donors (Lipinski definition) is 1. The van der Waals surface area contributed by atoms with E-state index in [1.807, 2.05) is 27.7 Å². The van der Waals surface area contributed by atoms with Crippen molar-refractivity contribution in [1.82, 2.24) is 14.8 Å². The summed E-state index contributed by atoms with van der Waals surface area (Å²) in [6.07, 6.45) is 0.742. The zero-order valence-corrected chi connectivity index (χ0v) is 17.9. The van der Waals surface area contributed by atoms with Crippen LogP contribution < -0.4 is 5.32 Å². The maximum absolute atomic E-state index is 13.0. The van der Waals surface area contributed by atoms with Crippen LogP contribution in [-0.4, -0.2) is 52.5 Å². The van der Waals surface area contributed by atoms with E-state index in [1.54, 1.807) is 32.4 Å². The number of ether oxygens (including phenoxy) is 1. The Morgan fingerprint density at radius 2 is 1.74 bits per heavy atom. The summed E-state index contributed by atoms with van der Waals surface area (Å²) in [5, 5.41) is 2.90. The predicted octanol–water partition coefficient (Wildman–Crippen LogP) is 3.22. The molecule has 0 aliphatic rings. The number of rotatable bonds is 7. The Morgan fingerprint density at radius 3 is 2.22 bits per heavy atom. The van der Waals surface area contributed by atoms with Crippen LogP contribution in [0.5, 0.6) is 0 Å². The second kappa shape index (κ2) is 9.06. The number of nitrogens with one attached hydrogen (secondary N) is 1. The van der Waals surface area contributed by atoms with Gasteiger partial charge in [0.05, 0.1) is 13.2 Å². The molecule has 0 aromatic carbocycles. The van der Waals surface area contributed by atoms with Crippen LogP contribution >= 0.6 is 0 Å². The lowest BCUT2D eigenvalue weighted by Crippen LogP contribution is -2.50. The summed E-state index contributed by atoms with van der Waals surface area (Å²) in [5.74, 6) is -0.635. The van der Waals surface area contributed by atoms with Crippen molar-refractivity contribution in [3.8, 4) is 0 Å². The Balaban J connectivity index is 3.15. The molecule has 0 bridgehead atoms. The molecule has 0 aliphatic heterocycles. The van der Waals surface area contributed by atoms with E-state index in [0.717, 1.165) is 6.42 Å².